The van der Waals surface area contributed by atoms with Gasteiger partial charge in [-0.1, -0.05) is 26.0 Å². The van der Waals surface area contributed by atoms with Crippen LogP contribution in [-0.4, -0.2) is 119 Å². The summed E-state index contributed by atoms with van der Waals surface area (Å²) >= 11 is 0. The van der Waals surface area contributed by atoms with Crippen LogP contribution in [-0.2, 0) is 102 Å². The van der Waals surface area contributed by atoms with E-state index in [0.29, 0.717) is 22.3 Å². The highest BCUT2D eigenvalue weighted by atomic mass is 16.7. The van der Waals surface area contributed by atoms with Crippen LogP contribution in [0, 0.1) is 0 Å². The molecule has 24 nitrogen and oxygen atoms in total. The smallest absolute Gasteiger partial charge is 0.340 e. The Bertz CT molecular complexity index is 2530. The summed E-state index contributed by atoms with van der Waals surface area (Å²) in [5.41, 5.74) is -2.15. The van der Waals surface area contributed by atoms with Gasteiger partial charge >= 0.3 is 65.7 Å². The molecule has 0 amide bonds. The summed E-state index contributed by atoms with van der Waals surface area (Å²) in [6, 6.07) is 11.7. The fourth-order valence-corrected chi connectivity index (χ4v) is 7.61. The SMILES string of the molecule is CC(=O)OCOC(=O)CN(CC(=O)OCOC(C)=O)c1cc2c(cc1N(CC(=O)OCOC(C)=O)CC(=O)OCOC(C)=O)C1(OC2=O)c2ccc(OC(C)=O)cc2C(C)(C)c2cc(OC(C)=O)ccc21. The van der Waals surface area contributed by atoms with Crippen molar-refractivity contribution in [3.63, 3.8) is 0 Å². The minimum Gasteiger partial charge on any atom is -0.441 e. The van der Waals surface area contributed by atoms with Gasteiger partial charge in [0.15, 0.2) is 5.60 Å². The minimum absolute atomic E-state index is 0.0288. The van der Waals surface area contributed by atoms with Crippen LogP contribution < -0.4 is 19.3 Å². The lowest BCUT2D eigenvalue weighted by atomic mass is 9.61. The molecular weight excluding hydrogens is 945 g/mol. The van der Waals surface area contributed by atoms with Crippen molar-refractivity contribution in [2.45, 2.75) is 66.4 Å². The molecule has 378 valence electrons. The topological polar surface area (TPSA) is 296 Å². The van der Waals surface area contributed by atoms with Crippen LogP contribution in [0.1, 0.15) is 93.6 Å². The number of ether oxygens (including phenoxy) is 11. The molecule has 3 aromatic rings. The van der Waals surface area contributed by atoms with Gasteiger partial charge < -0.3 is 61.9 Å². The van der Waals surface area contributed by atoms with Crippen LogP contribution in [0.3, 0.4) is 0 Å². The largest absolute Gasteiger partial charge is 0.441 e. The maximum atomic E-state index is 14.7. The van der Waals surface area contributed by atoms with Crippen molar-refractivity contribution < 1.29 is 105 Å². The van der Waals surface area contributed by atoms with E-state index in [1.165, 1.54) is 38.1 Å². The monoisotopic (exact) mass is 992 g/mol. The van der Waals surface area contributed by atoms with Gasteiger partial charge in [-0.15, -0.1) is 0 Å². The molecule has 1 aliphatic carbocycles. The molecule has 1 heterocycles. The average molecular weight is 993 g/mol. The van der Waals surface area contributed by atoms with E-state index in [2.05, 4.69) is 0 Å². The lowest BCUT2D eigenvalue weighted by Gasteiger charge is -2.44. The van der Waals surface area contributed by atoms with Crippen LogP contribution >= 0.6 is 0 Å². The number of carbonyl (C=O) groups is 11. The van der Waals surface area contributed by atoms with Crippen molar-refractivity contribution in [2.24, 2.45) is 0 Å². The molecule has 1 spiro atoms. The van der Waals surface area contributed by atoms with E-state index < -0.39 is 130 Å². The van der Waals surface area contributed by atoms with Gasteiger partial charge in [0.05, 0.1) is 16.9 Å². The first kappa shape index (κ1) is 53.4. The zero-order valence-electron chi connectivity index (χ0n) is 39.7. The van der Waals surface area contributed by atoms with Crippen molar-refractivity contribution >= 4 is 77.0 Å². The van der Waals surface area contributed by atoms with Crippen LogP contribution in [0.5, 0.6) is 11.5 Å². The number of carbonyl (C=O) groups excluding carboxylic acids is 11. The Balaban J connectivity index is 1.86. The lowest BCUT2D eigenvalue weighted by Crippen LogP contribution is -2.42. The van der Waals surface area contributed by atoms with Gasteiger partial charge in [0.2, 0.25) is 27.2 Å². The number of nitrogens with zero attached hydrogens (tertiary/aromatic N) is 2. The van der Waals surface area contributed by atoms with E-state index in [1.807, 2.05) is 13.8 Å². The maximum Gasteiger partial charge on any atom is 0.340 e. The zero-order chi connectivity index (χ0) is 52.4. The molecule has 71 heavy (non-hydrogen) atoms. The van der Waals surface area contributed by atoms with Gasteiger partial charge in [0.1, 0.15) is 37.7 Å². The molecule has 0 saturated carbocycles. The standard InChI is InChI=1S/C47H48N2O22/c1-25(50)61-21-65-41(56)17-48(18-42(57)66-22-62-26(2)51)39-15-33-36(16-40(39)49(19-43(58)67-23-63-27(3)52)20-44(59)68-24-64-28(4)53)47(71-45(33)60)34-11-9-31(69-29(5)54)13-37(34)46(7,8)38-14-32(70-30(6)55)10-12-35(38)47/h9-16H,17-24H2,1-8H3. The molecule has 5 rings (SSSR count). The fraction of sp³-hybridized carbons (Fsp3) is 0.383. The van der Waals surface area contributed by atoms with E-state index in [1.54, 1.807) is 24.3 Å². The van der Waals surface area contributed by atoms with Crippen LogP contribution in [0.15, 0.2) is 48.5 Å². The summed E-state index contributed by atoms with van der Waals surface area (Å²) < 4.78 is 56.9. The van der Waals surface area contributed by atoms with E-state index in [4.69, 9.17) is 52.1 Å². The fourth-order valence-electron chi connectivity index (χ4n) is 7.61. The molecule has 0 atom stereocenters. The zero-order valence-corrected chi connectivity index (χ0v) is 39.7. The second-order valence-corrected chi connectivity index (χ2v) is 16.0. The second-order valence-electron chi connectivity index (χ2n) is 16.0. The lowest BCUT2D eigenvalue weighted by molar-refractivity contribution is -0.167. The normalized spacial score (nSPS) is 13.0. The van der Waals surface area contributed by atoms with Crippen LogP contribution in [0.2, 0.25) is 0 Å². The summed E-state index contributed by atoms with van der Waals surface area (Å²) in [4.78, 5) is 141. The first-order valence-corrected chi connectivity index (χ1v) is 21.2. The van der Waals surface area contributed by atoms with Crippen molar-refractivity contribution in [1.29, 1.82) is 0 Å². The van der Waals surface area contributed by atoms with Crippen molar-refractivity contribution in [3.8, 4) is 11.5 Å². The number of benzene rings is 3. The van der Waals surface area contributed by atoms with Crippen LogP contribution in [0.4, 0.5) is 11.4 Å². The van der Waals surface area contributed by atoms with Gasteiger partial charge in [-0.05, 0) is 47.5 Å². The molecule has 0 aromatic heterocycles. The Kier molecular flexibility index (Phi) is 17.1. The quantitative estimate of drug-likeness (QED) is 0.0680. The molecule has 0 radical (unpaired) electrons. The Labute approximate surface area is 404 Å². The molecule has 0 fully saturated rings. The highest BCUT2D eigenvalue weighted by Crippen LogP contribution is 2.58. The highest BCUT2D eigenvalue weighted by molar-refractivity contribution is 6.01. The van der Waals surface area contributed by atoms with Gasteiger partial charge in [-0.2, -0.15) is 0 Å². The predicted molar refractivity (Wildman–Crippen MR) is 235 cm³/mol. The van der Waals surface area contributed by atoms with E-state index in [-0.39, 0.29) is 34.0 Å². The summed E-state index contributed by atoms with van der Waals surface area (Å²) in [5.74, 6) is -9.84. The van der Waals surface area contributed by atoms with Gasteiger partial charge in [0, 0.05) is 63.6 Å². The highest BCUT2D eigenvalue weighted by Gasteiger charge is 2.56. The number of rotatable bonds is 20. The summed E-state index contributed by atoms with van der Waals surface area (Å²) in [7, 11) is 0. The first-order chi connectivity index (χ1) is 33.4. The molecular formula is C47H48N2O22. The third-order valence-electron chi connectivity index (χ3n) is 10.5. The van der Waals surface area contributed by atoms with Crippen LogP contribution in [0.25, 0.3) is 0 Å². The molecule has 0 bridgehead atoms. The summed E-state index contributed by atoms with van der Waals surface area (Å²) in [5, 5.41) is 0. The average Bonchev–Trinajstić information content (AvgIpc) is 3.55. The van der Waals surface area contributed by atoms with E-state index in [9.17, 15) is 52.7 Å². The molecule has 1 aliphatic heterocycles. The van der Waals surface area contributed by atoms with Gasteiger partial charge in [-0.25, -0.2) is 4.79 Å². The van der Waals surface area contributed by atoms with E-state index >= 15 is 0 Å². The third kappa shape index (κ3) is 13.2. The Morgan fingerprint density at radius 2 is 0.775 bits per heavy atom. The maximum absolute atomic E-state index is 14.7. The van der Waals surface area contributed by atoms with E-state index in [0.717, 1.165) is 37.5 Å². The minimum atomic E-state index is -1.96. The Hall–Kier alpha value is -8.57. The summed E-state index contributed by atoms with van der Waals surface area (Å²) in [6.07, 6.45) is 0. The first-order valence-electron chi connectivity index (χ1n) is 21.2. The van der Waals surface area contributed by atoms with Gasteiger partial charge in [0.25, 0.3) is 0 Å². The second kappa shape index (κ2) is 22.7. The van der Waals surface area contributed by atoms with Crippen molar-refractivity contribution in [1.82, 2.24) is 0 Å². The number of esters is 11. The number of anilines is 2. The van der Waals surface area contributed by atoms with Crippen molar-refractivity contribution in [3.05, 3.63) is 81.9 Å². The third-order valence-corrected chi connectivity index (χ3v) is 10.5. The Morgan fingerprint density at radius 1 is 0.437 bits per heavy atom. The van der Waals surface area contributed by atoms with Crippen molar-refractivity contribution in [2.75, 3.05) is 63.2 Å². The predicted octanol–water partition coefficient (Wildman–Crippen LogP) is 2.51. The molecule has 0 saturated heterocycles. The Morgan fingerprint density at radius 3 is 1.10 bits per heavy atom. The van der Waals surface area contributed by atoms with Gasteiger partial charge in [-0.3, -0.25) is 47.9 Å². The molecule has 2 aliphatic rings. The number of hydrogen-bond acceptors (Lipinski definition) is 24. The molecule has 0 N–H and O–H groups in total. The summed E-state index contributed by atoms with van der Waals surface area (Å²) in [6.45, 7) is 3.14. The molecule has 24 heteroatoms. The number of fused-ring (bicyclic) bond motifs is 6. The number of hydrogen-bond donors (Lipinski definition) is 0. The molecule has 0 unspecified atom stereocenters. The molecule has 3 aromatic carbocycles.